The van der Waals surface area contributed by atoms with E-state index in [4.69, 9.17) is 9.47 Å². The molecule has 0 heterocycles. The van der Waals surface area contributed by atoms with E-state index in [1.807, 2.05) is 0 Å². The first-order chi connectivity index (χ1) is 6.47. The predicted molar refractivity (Wildman–Crippen MR) is 51.6 cm³/mol. The lowest BCUT2D eigenvalue weighted by molar-refractivity contribution is -0.151. The van der Waals surface area contributed by atoms with Crippen molar-refractivity contribution < 1.29 is 19.1 Å². The first kappa shape index (κ1) is 12.7. The number of rotatable bonds is 5. The van der Waals surface area contributed by atoms with Gasteiger partial charge < -0.3 is 9.47 Å². The molecule has 0 aliphatic heterocycles. The topological polar surface area (TPSA) is 52.6 Å². The van der Waals surface area contributed by atoms with Crippen molar-refractivity contribution in [2.75, 3.05) is 6.61 Å². The van der Waals surface area contributed by atoms with Gasteiger partial charge in [-0.3, -0.25) is 4.79 Å². The van der Waals surface area contributed by atoms with Crippen LogP contribution in [0.1, 0.15) is 27.2 Å². The van der Waals surface area contributed by atoms with Gasteiger partial charge in [-0.2, -0.15) is 0 Å². The van der Waals surface area contributed by atoms with Crippen LogP contribution in [0.15, 0.2) is 12.2 Å². The molecule has 0 saturated carbocycles. The maximum absolute atomic E-state index is 11.0. The van der Waals surface area contributed by atoms with E-state index in [-0.39, 0.29) is 12.4 Å². The maximum Gasteiger partial charge on any atom is 0.333 e. The lowest BCUT2D eigenvalue weighted by Gasteiger charge is -2.11. The Bertz CT molecular complexity index is 232. The number of esters is 2. The number of ether oxygens (including phenoxy) is 2. The Kier molecular flexibility index (Phi) is 5.60. The van der Waals surface area contributed by atoms with Gasteiger partial charge in [0.25, 0.3) is 0 Å². The fourth-order valence-corrected chi connectivity index (χ4v) is 0.780. The SMILES string of the molecule is C=C(C)C(=O)OC(C)CC(=O)OCC. The number of carbonyl (C=O) groups excluding carboxylic acids is 2. The summed E-state index contributed by atoms with van der Waals surface area (Å²) in [4.78, 5) is 22.0. The standard InChI is InChI=1S/C10H16O4/c1-5-13-9(11)6-8(4)14-10(12)7(2)3/h8H,2,5-6H2,1,3-4H3. The van der Waals surface area contributed by atoms with Gasteiger partial charge in [0.2, 0.25) is 0 Å². The van der Waals surface area contributed by atoms with E-state index < -0.39 is 12.1 Å². The molecule has 14 heavy (non-hydrogen) atoms. The molecule has 0 aromatic rings. The molecule has 4 nitrogen and oxygen atoms in total. The lowest BCUT2D eigenvalue weighted by Crippen LogP contribution is -2.20. The summed E-state index contributed by atoms with van der Waals surface area (Å²) in [6.07, 6.45) is -0.398. The van der Waals surface area contributed by atoms with E-state index in [9.17, 15) is 9.59 Å². The predicted octanol–water partition coefficient (Wildman–Crippen LogP) is 1.45. The Morgan fingerprint density at radius 3 is 2.43 bits per heavy atom. The largest absolute Gasteiger partial charge is 0.466 e. The Morgan fingerprint density at radius 2 is 2.00 bits per heavy atom. The maximum atomic E-state index is 11.0. The number of hydrogen-bond donors (Lipinski definition) is 0. The number of hydrogen-bond acceptors (Lipinski definition) is 4. The third-order valence-corrected chi connectivity index (χ3v) is 1.42. The average molecular weight is 200 g/mol. The average Bonchev–Trinajstić information content (AvgIpc) is 2.03. The minimum atomic E-state index is -0.484. The van der Waals surface area contributed by atoms with Crippen LogP contribution in [0.25, 0.3) is 0 Å². The van der Waals surface area contributed by atoms with E-state index in [2.05, 4.69) is 6.58 Å². The van der Waals surface area contributed by atoms with Crippen molar-refractivity contribution in [2.24, 2.45) is 0 Å². The lowest BCUT2D eigenvalue weighted by atomic mass is 10.3. The molecule has 0 aliphatic rings. The summed E-state index contributed by atoms with van der Waals surface area (Å²) in [5.74, 6) is -0.851. The molecule has 4 heteroatoms. The van der Waals surface area contributed by atoms with Gasteiger partial charge in [0.1, 0.15) is 6.10 Å². The molecule has 0 N–H and O–H groups in total. The van der Waals surface area contributed by atoms with E-state index in [1.54, 1.807) is 20.8 Å². The summed E-state index contributed by atoms with van der Waals surface area (Å²) in [6, 6.07) is 0. The van der Waals surface area contributed by atoms with Crippen LogP contribution < -0.4 is 0 Å². The molecule has 0 aliphatic carbocycles. The minimum Gasteiger partial charge on any atom is -0.466 e. The highest BCUT2D eigenvalue weighted by molar-refractivity contribution is 5.87. The van der Waals surface area contributed by atoms with Crippen molar-refractivity contribution in [3.8, 4) is 0 Å². The van der Waals surface area contributed by atoms with Crippen molar-refractivity contribution in [1.82, 2.24) is 0 Å². The highest BCUT2D eigenvalue weighted by atomic mass is 16.6. The third kappa shape index (κ3) is 5.35. The zero-order valence-corrected chi connectivity index (χ0v) is 8.83. The highest BCUT2D eigenvalue weighted by Crippen LogP contribution is 2.03. The first-order valence-electron chi connectivity index (χ1n) is 4.49. The summed E-state index contributed by atoms with van der Waals surface area (Å²) in [5, 5.41) is 0. The van der Waals surface area contributed by atoms with E-state index in [0.29, 0.717) is 12.2 Å². The van der Waals surface area contributed by atoms with E-state index in [0.717, 1.165) is 0 Å². The van der Waals surface area contributed by atoms with Crippen molar-refractivity contribution in [1.29, 1.82) is 0 Å². The molecule has 0 fully saturated rings. The highest BCUT2D eigenvalue weighted by Gasteiger charge is 2.14. The molecule has 0 radical (unpaired) electrons. The van der Waals surface area contributed by atoms with Crippen LogP contribution in [0, 0.1) is 0 Å². The van der Waals surface area contributed by atoms with Gasteiger partial charge in [-0.15, -0.1) is 0 Å². The van der Waals surface area contributed by atoms with Crippen LogP contribution in [0.5, 0.6) is 0 Å². The Balaban J connectivity index is 3.86. The van der Waals surface area contributed by atoms with Crippen LogP contribution >= 0.6 is 0 Å². The summed E-state index contributed by atoms with van der Waals surface area (Å²) in [6.45, 7) is 8.68. The molecule has 80 valence electrons. The van der Waals surface area contributed by atoms with Gasteiger partial charge in [-0.25, -0.2) is 4.79 Å². The molecule has 0 saturated heterocycles. The fraction of sp³-hybridized carbons (Fsp3) is 0.600. The molecule has 0 amide bonds. The van der Waals surface area contributed by atoms with Crippen LogP contribution in [0.2, 0.25) is 0 Å². The van der Waals surface area contributed by atoms with Gasteiger partial charge >= 0.3 is 11.9 Å². The third-order valence-electron chi connectivity index (χ3n) is 1.42. The van der Waals surface area contributed by atoms with Crippen LogP contribution in [0.4, 0.5) is 0 Å². The van der Waals surface area contributed by atoms with Crippen molar-refractivity contribution in [3.63, 3.8) is 0 Å². The van der Waals surface area contributed by atoms with Gasteiger partial charge in [-0.1, -0.05) is 6.58 Å². The van der Waals surface area contributed by atoms with Crippen molar-refractivity contribution in [3.05, 3.63) is 12.2 Å². The summed E-state index contributed by atoms with van der Waals surface area (Å²) in [5.41, 5.74) is 0.320. The van der Waals surface area contributed by atoms with Crippen LogP contribution in [-0.2, 0) is 19.1 Å². The molecule has 0 spiro atoms. The molecule has 0 rings (SSSR count). The van der Waals surface area contributed by atoms with E-state index >= 15 is 0 Å². The second kappa shape index (κ2) is 6.18. The molecule has 1 atom stereocenters. The van der Waals surface area contributed by atoms with Gasteiger partial charge in [0.05, 0.1) is 13.0 Å². The molecule has 0 aromatic carbocycles. The molecule has 1 unspecified atom stereocenters. The van der Waals surface area contributed by atoms with Crippen LogP contribution in [0.3, 0.4) is 0 Å². The summed E-state index contributed by atoms with van der Waals surface area (Å²) in [7, 11) is 0. The Labute approximate surface area is 83.9 Å². The Hall–Kier alpha value is -1.32. The normalized spacial score (nSPS) is 11.6. The van der Waals surface area contributed by atoms with Gasteiger partial charge in [-0.05, 0) is 20.8 Å². The van der Waals surface area contributed by atoms with Crippen LogP contribution in [-0.4, -0.2) is 24.6 Å². The molecule has 0 aromatic heterocycles. The fourth-order valence-electron chi connectivity index (χ4n) is 0.780. The summed E-state index contributed by atoms with van der Waals surface area (Å²) >= 11 is 0. The first-order valence-corrected chi connectivity index (χ1v) is 4.49. The van der Waals surface area contributed by atoms with Gasteiger partial charge in [0.15, 0.2) is 0 Å². The summed E-state index contributed by atoms with van der Waals surface area (Å²) < 4.78 is 9.59. The smallest absolute Gasteiger partial charge is 0.333 e. The van der Waals surface area contributed by atoms with Gasteiger partial charge in [0, 0.05) is 5.57 Å². The number of carbonyl (C=O) groups is 2. The molecule has 0 bridgehead atoms. The zero-order chi connectivity index (χ0) is 11.1. The molecular formula is C10H16O4. The van der Waals surface area contributed by atoms with Crippen molar-refractivity contribution >= 4 is 11.9 Å². The second-order valence-electron chi connectivity index (χ2n) is 3.01. The Morgan fingerprint density at radius 1 is 1.43 bits per heavy atom. The second-order valence-corrected chi connectivity index (χ2v) is 3.01. The minimum absolute atomic E-state index is 0.0762. The van der Waals surface area contributed by atoms with Crippen molar-refractivity contribution in [2.45, 2.75) is 33.3 Å². The monoisotopic (exact) mass is 200 g/mol. The molecular weight excluding hydrogens is 184 g/mol. The quantitative estimate of drug-likeness (QED) is 0.498. The van der Waals surface area contributed by atoms with E-state index in [1.165, 1.54) is 0 Å². The zero-order valence-electron chi connectivity index (χ0n) is 8.83.